The molecule has 0 radical (unpaired) electrons. The number of thiazole rings is 1. The van der Waals surface area contributed by atoms with Crippen LogP contribution in [0.1, 0.15) is 10.6 Å². The minimum atomic E-state index is -4.78. The van der Waals surface area contributed by atoms with Crippen LogP contribution in [0.2, 0.25) is 0 Å². The molecule has 0 bridgehead atoms. The summed E-state index contributed by atoms with van der Waals surface area (Å²) in [6, 6.07) is 5.25. The number of nitrogens with one attached hydrogen (secondary N) is 2. The quantitative estimate of drug-likeness (QED) is 0.641. The van der Waals surface area contributed by atoms with E-state index in [9.17, 15) is 18.0 Å². The molecule has 1 aliphatic heterocycles. The Balaban J connectivity index is 1.49. The number of hydrogen-bond donors (Lipinski definition) is 2. The topological polar surface area (TPSA) is 105 Å². The molecule has 13 heteroatoms. The first-order valence-corrected chi connectivity index (χ1v) is 9.54. The third-order valence-corrected chi connectivity index (χ3v) is 5.19. The Morgan fingerprint density at radius 1 is 1.33 bits per heavy atom. The summed E-state index contributed by atoms with van der Waals surface area (Å²) in [5, 5.41) is 9.47. The zero-order chi connectivity index (χ0) is 21.3. The van der Waals surface area contributed by atoms with Gasteiger partial charge in [-0.3, -0.25) is 5.32 Å². The van der Waals surface area contributed by atoms with Gasteiger partial charge in [0.05, 0.1) is 12.2 Å². The molecule has 0 saturated carbocycles. The molecule has 3 aromatic rings. The summed E-state index contributed by atoms with van der Waals surface area (Å²) in [6.45, 7) is 1.02. The van der Waals surface area contributed by atoms with Gasteiger partial charge in [0.25, 0.3) is 0 Å². The number of anilines is 2. The summed E-state index contributed by atoms with van der Waals surface area (Å²) in [5.41, 5.74) is 1.22. The Hall–Kier alpha value is -3.35. The van der Waals surface area contributed by atoms with Crippen molar-refractivity contribution in [3.8, 4) is 17.1 Å². The molecule has 2 N–H and O–H groups in total. The standard InChI is InChI=1S/C17H15F3N6O3S/c1-21-14(27)24-15-22-11-5-6-26(8-12(11)30-15)16-23-13(25-29-16)9-3-2-4-10(7-9)28-17(18,19)20/h2-4,7H,5-6,8H2,1H3,(H2,21,22,24,27). The Morgan fingerprint density at radius 2 is 2.17 bits per heavy atom. The molecule has 0 saturated heterocycles. The molecule has 0 unspecified atom stereocenters. The Morgan fingerprint density at radius 3 is 2.93 bits per heavy atom. The molecule has 158 valence electrons. The molecule has 30 heavy (non-hydrogen) atoms. The number of amides is 2. The molecule has 4 rings (SSSR count). The summed E-state index contributed by atoms with van der Waals surface area (Å²) in [6.07, 6.45) is -4.17. The van der Waals surface area contributed by atoms with Gasteiger partial charge in [-0.25, -0.2) is 9.78 Å². The molecule has 0 atom stereocenters. The number of carbonyl (C=O) groups is 1. The van der Waals surface area contributed by atoms with Crippen molar-refractivity contribution >= 4 is 28.5 Å². The van der Waals surface area contributed by atoms with Crippen molar-refractivity contribution in [2.75, 3.05) is 23.8 Å². The number of halogens is 3. The van der Waals surface area contributed by atoms with Crippen molar-refractivity contribution in [3.63, 3.8) is 0 Å². The van der Waals surface area contributed by atoms with Crippen molar-refractivity contribution in [3.05, 3.63) is 34.8 Å². The predicted octanol–water partition coefficient (Wildman–Crippen LogP) is 3.41. The Kier molecular flexibility index (Phi) is 5.20. The number of rotatable bonds is 4. The maximum absolute atomic E-state index is 12.4. The summed E-state index contributed by atoms with van der Waals surface area (Å²) in [5.74, 6) is -0.218. The lowest BCUT2D eigenvalue weighted by Gasteiger charge is -2.23. The van der Waals surface area contributed by atoms with Crippen molar-refractivity contribution in [1.82, 2.24) is 20.4 Å². The molecule has 0 spiro atoms. The minimum Gasteiger partial charge on any atom is -0.406 e. The molecular formula is C17H15F3N6O3S. The van der Waals surface area contributed by atoms with Crippen LogP contribution < -0.4 is 20.3 Å². The van der Waals surface area contributed by atoms with Crippen LogP contribution in [-0.2, 0) is 13.0 Å². The van der Waals surface area contributed by atoms with Crippen LogP contribution in [-0.4, -0.2) is 41.1 Å². The fourth-order valence-electron chi connectivity index (χ4n) is 2.87. The average molecular weight is 440 g/mol. The highest BCUT2D eigenvalue weighted by atomic mass is 32.1. The second-order valence-corrected chi connectivity index (χ2v) is 7.32. The van der Waals surface area contributed by atoms with E-state index >= 15 is 0 Å². The third kappa shape index (κ3) is 4.45. The van der Waals surface area contributed by atoms with Gasteiger partial charge in [0.1, 0.15) is 5.75 Å². The number of hydrogen-bond acceptors (Lipinski definition) is 8. The van der Waals surface area contributed by atoms with Gasteiger partial charge in [0, 0.05) is 30.5 Å². The van der Waals surface area contributed by atoms with Crippen LogP contribution in [0.3, 0.4) is 0 Å². The van der Waals surface area contributed by atoms with Crippen LogP contribution in [0.4, 0.5) is 29.1 Å². The molecular weight excluding hydrogens is 425 g/mol. The van der Waals surface area contributed by atoms with Gasteiger partial charge in [-0.2, -0.15) is 4.98 Å². The number of fused-ring (bicyclic) bond motifs is 1. The van der Waals surface area contributed by atoms with Gasteiger partial charge in [0.15, 0.2) is 5.13 Å². The average Bonchev–Trinajstić information content (AvgIpc) is 3.33. The maximum atomic E-state index is 12.4. The van der Waals surface area contributed by atoms with Gasteiger partial charge in [-0.15, -0.1) is 13.2 Å². The van der Waals surface area contributed by atoms with Gasteiger partial charge in [-0.05, 0) is 12.1 Å². The Labute approximate surface area is 171 Å². The lowest BCUT2D eigenvalue weighted by atomic mass is 10.2. The zero-order valence-corrected chi connectivity index (χ0v) is 16.3. The number of nitrogens with zero attached hydrogens (tertiary/aromatic N) is 4. The second kappa shape index (κ2) is 7.82. The second-order valence-electron chi connectivity index (χ2n) is 6.24. The highest BCUT2D eigenvalue weighted by molar-refractivity contribution is 7.15. The molecule has 0 aliphatic carbocycles. The van der Waals surface area contributed by atoms with Crippen molar-refractivity contribution < 1.29 is 27.2 Å². The molecule has 3 heterocycles. The number of ether oxygens (including phenoxy) is 1. The van der Waals surface area contributed by atoms with E-state index in [1.165, 1.54) is 36.6 Å². The first-order valence-electron chi connectivity index (χ1n) is 8.73. The highest BCUT2D eigenvalue weighted by Crippen LogP contribution is 2.32. The largest absolute Gasteiger partial charge is 0.573 e. The monoisotopic (exact) mass is 440 g/mol. The van der Waals surface area contributed by atoms with Crippen molar-refractivity contribution in [2.24, 2.45) is 0 Å². The van der Waals surface area contributed by atoms with Crippen LogP contribution >= 0.6 is 11.3 Å². The molecule has 0 fully saturated rings. The van der Waals surface area contributed by atoms with E-state index in [-0.39, 0.29) is 23.6 Å². The smallest absolute Gasteiger partial charge is 0.406 e. The fraction of sp³-hybridized carbons (Fsp3) is 0.294. The van der Waals surface area contributed by atoms with Gasteiger partial charge >= 0.3 is 18.4 Å². The fourth-order valence-corrected chi connectivity index (χ4v) is 3.88. The highest BCUT2D eigenvalue weighted by Gasteiger charge is 2.31. The van der Waals surface area contributed by atoms with E-state index < -0.39 is 6.36 Å². The maximum Gasteiger partial charge on any atom is 0.573 e. The van der Waals surface area contributed by atoms with Crippen LogP contribution in [0, 0.1) is 0 Å². The molecule has 1 aromatic carbocycles. The summed E-state index contributed by atoms with van der Waals surface area (Å²) in [4.78, 5) is 22.9. The van der Waals surface area contributed by atoms with Crippen LogP contribution in [0.5, 0.6) is 5.75 Å². The third-order valence-electron chi connectivity index (χ3n) is 4.19. The molecule has 2 aromatic heterocycles. The number of urea groups is 1. The number of alkyl halides is 3. The number of aromatic nitrogens is 3. The van der Waals surface area contributed by atoms with Crippen LogP contribution in [0.25, 0.3) is 11.4 Å². The minimum absolute atomic E-state index is 0.148. The lowest BCUT2D eigenvalue weighted by molar-refractivity contribution is -0.274. The molecule has 2 amide bonds. The van der Waals surface area contributed by atoms with E-state index in [0.29, 0.717) is 30.2 Å². The predicted molar refractivity (Wildman–Crippen MR) is 101 cm³/mol. The van der Waals surface area contributed by atoms with E-state index in [1.54, 1.807) is 6.07 Å². The van der Waals surface area contributed by atoms with Crippen molar-refractivity contribution in [2.45, 2.75) is 19.3 Å². The SMILES string of the molecule is CNC(=O)Nc1nc2c(s1)CN(c1nc(-c3cccc(OC(F)(F)F)c3)no1)CC2. The van der Waals surface area contributed by atoms with E-state index in [2.05, 4.69) is 30.5 Å². The number of carbonyl (C=O) groups excluding carboxylic acids is 1. The first-order chi connectivity index (χ1) is 14.3. The van der Waals surface area contributed by atoms with Crippen molar-refractivity contribution in [1.29, 1.82) is 0 Å². The van der Waals surface area contributed by atoms with Gasteiger partial charge in [0.2, 0.25) is 5.82 Å². The van der Waals surface area contributed by atoms with Gasteiger partial charge in [-0.1, -0.05) is 28.6 Å². The first kappa shape index (κ1) is 19.9. The van der Waals surface area contributed by atoms with E-state index in [0.717, 1.165) is 10.6 Å². The summed E-state index contributed by atoms with van der Waals surface area (Å²) >= 11 is 1.35. The summed E-state index contributed by atoms with van der Waals surface area (Å²) in [7, 11) is 1.52. The number of benzene rings is 1. The lowest BCUT2D eigenvalue weighted by Crippen LogP contribution is -2.29. The summed E-state index contributed by atoms with van der Waals surface area (Å²) < 4.78 is 46.5. The zero-order valence-electron chi connectivity index (χ0n) is 15.5. The van der Waals surface area contributed by atoms with Gasteiger partial charge < -0.3 is 19.5 Å². The normalized spacial score (nSPS) is 13.7. The molecule has 9 nitrogen and oxygen atoms in total. The van der Waals surface area contributed by atoms with E-state index in [4.69, 9.17) is 4.52 Å². The Bertz CT molecular complexity index is 1070. The molecule has 1 aliphatic rings. The van der Waals surface area contributed by atoms with Crippen LogP contribution in [0.15, 0.2) is 28.8 Å². The van der Waals surface area contributed by atoms with E-state index in [1.807, 2.05) is 4.90 Å².